The van der Waals surface area contributed by atoms with Gasteiger partial charge in [-0.3, -0.25) is 0 Å². The Labute approximate surface area is 110 Å². The molecule has 1 aliphatic rings. The van der Waals surface area contributed by atoms with Crippen LogP contribution in [-0.4, -0.2) is 75.4 Å². The van der Waals surface area contributed by atoms with Gasteiger partial charge in [0, 0.05) is 12.3 Å². The Morgan fingerprint density at radius 2 is 2.11 bits per heavy atom. The van der Waals surface area contributed by atoms with Gasteiger partial charge in [0.15, 0.2) is 0 Å². The first-order valence-corrected chi connectivity index (χ1v) is 5.90. The Hall–Kier alpha value is -0.770. The smallest absolute Gasteiger partial charge is 0.366 e. The van der Waals surface area contributed by atoms with Crippen molar-refractivity contribution in [1.29, 1.82) is 0 Å². The molecule has 0 radical (unpaired) electrons. The highest BCUT2D eigenvalue weighted by Gasteiger charge is 2.52. The molecule has 1 fully saturated rings. The summed E-state index contributed by atoms with van der Waals surface area (Å²) in [6, 6.07) is 0. The van der Waals surface area contributed by atoms with Gasteiger partial charge in [0.2, 0.25) is 0 Å². The second kappa shape index (κ2) is 6.12. The van der Waals surface area contributed by atoms with Crippen molar-refractivity contribution in [1.82, 2.24) is 0 Å². The summed E-state index contributed by atoms with van der Waals surface area (Å²) in [6.07, 6.45) is -5.84. The van der Waals surface area contributed by atoms with Crippen molar-refractivity contribution in [2.75, 3.05) is 13.7 Å². The predicted molar refractivity (Wildman–Crippen MR) is 60.7 cm³/mol. The number of methoxy groups -OCH3 is 1. The largest absolute Gasteiger partial charge is 0.465 e. The van der Waals surface area contributed by atoms with Crippen LogP contribution >= 0.6 is 0 Å². The first kappa shape index (κ1) is 16.3. The molecule has 5 N–H and O–H groups in total. The third-order valence-electron chi connectivity index (χ3n) is 3.36. The van der Waals surface area contributed by atoms with Crippen LogP contribution in [0.5, 0.6) is 0 Å². The minimum absolute atomic E-state index is 0.403. The van der Waals surface area contributed by atoms with Gasteiger partial charge in [-0.05, 0) is 0 Å². The van der Waals surface area contributed by atoms with Gasteiger partial charge < -0.3 is 35.0 Å². The fourth-order valence-electron chi connectivity index (χ4n) is 2.07. The van der Waals surface area contributed by atoms with Gasteiger partial charge in [0.25, 0.3) is 5.79 Å². The molecule has 0 bridgehead atoms. The first-order chi connectivity index (χ1) is 8.76. The highest BCUT2D eigenvalue weighted by atomic mass is 16.7. The van der Waals surface area contributed by atoms with E-state index in [2.05, 4.69) is 4.74 Å². The number of hydrogen-bond donors (Lipinski definition) is 5. The van der Waals surface area contributed by atoms with Crippen molar-refractivity contribution in [3.8, 4) is 0 Å². The number of ether oxygens (including phenoxy) is 2. The molecule has 6 atom stereocenters. The van der Waals surface area contributed by atoms with Crippen molar-refractivity contribution in [3.63, 3.8) is 0 Å². The maximum absolute atomic E-state index is 11.4. The molecule has 2 unspecified atom stereocenters. The topological polar surface area (TPSA) is 137 Å². The normalized spacial score (nSPS) is 38.6. The Morgan fingerprint density at radius 1 is 1.53 bits per heavy atom. The fraction of sp³-hybridized carbons (Fsp3) is 0.909. The zero-order chi connectivity index (χ0) is 14.8. The Morgan fingerprint density at radius 3 is 2.58 bits per heavy atom. The van der Waals surface area contributed by atoms with E-state index in [0.717, 1.165) is 7.11 Å². The van der Waals surface area contributed by atoms with E-state index in [-0.39, 0.29) is 0 Å². The number of esters is 1. The Kier molecular flexibility index (Phi) is 5.25. The predicted octanol–water partition coefficient (Wildman–Crippen LogP) is -2.65. The van der Waals surface area contributed by atoms with E-state index >= 15 is 0 Å². The van der Waals surface area contributed by atoms with Gasteiger partial charge >= 0.3 is 5.97 Å². The second-order valence-electron chi connectivity index (χ2n) is 4.73. The van der Waals surface area contributed by atoms with Gasteiger partial charge in [-0.1, -0.05) is 6.92 Å². The van der Waals surface area contributed by atoms with Crippen LogP contribution < -0.4 is 0 Å². The molecule has 0 spiro atoms. The number of hydrogen-bond acceptors (Lipinski definition) is 8. The molecular weight excluding hydrogens is 260 g/mol. The highest BCUT2D eigenvalue weighted by molar-refractivity contribution is 5.77. The standard InChI is InChI=1S/C11H20O8/c1-5-6(13)3-11(17,10(16)18-2)19-9(5)8(15)7(14)4-12/h5-9,12-15,17H,3-4H2,1-2H3/t5-,6-,7-,8?,9?,11+/m1/s1. The molecule has 0 saturated carbocycles. The molecule has 0 aromatic rings. The van der Waals surface area contributed by atoms with Crippen molar-refractivity contribution < 1.29 is 39.8 Å². The van der Waals surface area contributed by atoms with Crippen LogP contribution in [0.2, 0.25) is 0 Å². The van der Waals surface area contributed by atoms with E-state index in [9.17, 15) is 25.2 Å². The van der Waals surface area contributed by atoms with E-state index in [1.54, 1.807) is 0 Å². The molecule has 8 nitrogen and oxygen atoms in total. The van der Waals surface area contributed by atoms with Crippen LogP contribution in [0.3, 0.4) is 0 Å². The van der Waals surface area contributed by atoms with Crippen molar-refractivity contribution in [2.24, 2.45) is 5.92 Å². The molecule has 19 heavy (non-hydrogen) atoms. The molecule has 1 aliphatic heterocycles. The number of carbonyl (C=O) groups is 1. The number of aliphatic hydroxyl groups is 5. The molecule has 1 rings (SSSR count). The van der Waals surface area contributed by atoms with Crippen LogP contribution in [0.4, 0.5) is 0 Å². The summed E-state index contributed by atoms with van der Waals surface area (Å²) < 4.78 is 9.47. The molecule has 112 valence electrons. The van der Waals surface area contributed by atoms with Gasteiger partial charge in [0.05, 0.1) is 25.9 Å². The van der Waals surface area contributed by atoms with E-state index < -0.39 is 55.1 Å². The maximum Gasteiger partial charge on any atom is 0.366 e. The molecular formula is C11H20O8. The minimum Gasteiger partial charge on any atom is -0.465 e. The monoisotopic (exact) mass is 280 g/mol. The summed E-state index contributed by atoms with van der Waals surface area (Å²) in [5, 5.41) is 47.8. The summed E-state index contributed by atoms with van der Waals surface area (Å²) in [5.74, 6) is -4.14. The lowest BCUT2D eigenvalue weighted by Gasteiger charge is -2.43. The molecule has 0 amide bonds. The van der Waals surface area contributed by atoms with Crippen molar-refractivity contribution >= 4 is 5.97 Å². The van der Waals surface area contributed by atoms with Gasteiger partial charge in [0.1, 0.15) is 12.2 Å². The number of aliphatic hydroxyl groups excluding tert-OH is 4. The van der Waals surface area contributed by atoms with E-state index in [4.69, 9.17) is 9.84 Å². The third-order valence-corrected chi connectivity index (χ3v) is 3.36. The quantitative estimate of drug-likeness (QED) is 0.352. The lowest BCUT2D eigenvalue weighted by molar-refractivity contribution is -0.303. The number of rotatable bonds is 4. The second-order valence-corrected chi connectivity index (χ2v) is 4.73. The van der Waals surface area contributed by atoms with E-state index in [1.807, 2.05) is 0 Å². The minimum atomic E-state index is -2.39. The van der Waals surface area contributed by atoms with Crippen LogP contribution in [0.15, 0.2) is 0 Å². The van der Waals surface area contributed by atoms with Gasteiger partial charge in [-0.15, -0.1) is 0 Å². The highest BCUT2D eigenvalue weighted by Crippen LogP contribution is 2.34. The lowest BCUT2D eigenvalue weighted by Crippen LogP contribution is -2.60. The maximum atomic E-state index is 11.4. The zero-order valence-corrected chi connectivity index (χ0v) is 10.8. The van der Waals surface area contributed by atoms with Crippen LogP contribution in [0.25, 0.3) is 0 Å². The molecule has 1 heterocycles. The number of carbonyl (C=O) groups excluding carboxylic acids is 1. The van der Waals surface area contributed by atoms with E-state index in [0.29, 0.717) is 0 Å². The van der Waals surface area contributed by atoms with Crippen LogP contribution in [0, 0.1) is 5.92 Å². The molecule has 0 aliphatic carbocycles. The van der Waals surface area contributed by atoms with Crippen molar-refractivity contribution in [2.45, 2.75) is 43.5 Å². The van der Waals surface area contributed by atoms with E-state index in [1.165, 1.54) is 6.92 Å². The molecule has 0 aromatic heterocycles. The molecule has 8 heteroatoms. The summed E-state index contributed by atoms with van der Waals surface area (Å²) in [4.78, 5) is 11.4. The van der Waals surface area contributed by atoms with Crippen LogP contribution in [0.1, 0.15) is 13.3 Å². The molecule has 0 aromatic carbocycles. The Bertz CT molecular complexity index is 322. The first-order valence-electron chi connectivity index (χ1n) is 5.90. The Balaban J connectivity index is 2.94. The van der Waals surface area contributed by atoms with Gasteiger partial charge in [-0.2, -0.15) is 0 Å². The van der Waals surface area contributed by atoms with Crippen molar-refractivity contribution in [3.05, 3.63) is 0 Å². The summed E-state index contributed by atoms with van der Waals surface area (Å²) in [5.41, 5.74) is 0. The SMILES string of the molecule is COC(=O)[C@]1(O)C[C@@H](O)[C@@H](C)C(C(O)[C@H](O)CO)O1. The van der Waals surface area contributed by atoms with Crippen LogP contribution in [-0.2, 0) is 14.3 Å². The summed E-state index contributed by atoms with van der Waals surface area (Å²) in [6.45, 7) is 0.806. The average Bonchev–Trinajstić information content (AvgIpc) is 2.40. The fourth-order valence-corrected chi connectivity index (χ4v) is 2.07. The zero-order valence-electron chi connectivity index (χ0n) is 10.8. The summed E-state index contributed by atoms with van der Waals surface area (Å²) >= 11 is 0. The average molecular weight is 280 g/mol. The lowest BCUT2D eigenvalue weighted by atomic mass is 9.85. The molecule has 1 saturated heterocycles. The third kappa shape index (κ3) is 3.22. The summed E-state index contributed by atoms with van der Waals surface area (Å²) in [7, 11) is 1.04. The van der Waals surface area contributed by atoms with Gasteiger partial charge in [-0.25, -0.2) is 4.79 Å².